The Morgan fingerprint density at radius 1 is 1.39 bits per heavy atom. The third-order valence-electron chi connectivity index (χ3n) is 5.31. The van der Waals surface area contributed by atoms with E-state index in [-0.39, 0.29) is 30.3 Å². The second kappa shape index (κ2) is 5.10. The van der Waals surface area contributed by atoms with E-state index in [0.717, 1.165) is 12.0 Å². The van der Waals surface area contributed by atoms with Gasteiger partial charge in [0.05, 0.1) is 15.5 Å². The maximum atomic E-state index is 12.6. The molecule has 0 radical (unpaired) electrons. The number of nitrogens with one attached hydrogen (secondary N) is 1. The van der Waals surface area contributed by atoms with Crippen molar-refractivity contribution < 1.29 is 14.7 Å². The Balaban J connectivity index is 1.62. The second-order valence-corrected chi connectivity index (χ2v) is 7.46. The summed E-state index contributed by atoms with van der Waals surface area (Å²) in [7, 11) is 0. The molecule has 3 atom stereocenters. The van der Waals surface area contributed by atoms with Crippen LogP contribution in [-0.2, 0) is 15.0 Å². The van der Waals surface area contributed by atoms with Gasteiger partial charge in [-0.25, -0.2) is 0 Å². The van der Waals surface area contributed by atoms with Crippen LogP contribution in [0.25, 0.3) is 0 Å². The molecule has 4 rings (SSSR count). The smallest absolute Gasteiger partial charge is 0.237 e. The van der Waals surface area contributed by atoms with Gasteiger partial charge in [-0.1, -0.05) is 23.2 Å². The third kappa shape index (κ3) is 2.17. The summed E-state index contributed by atoms with van der Waals surface area (Å²) < 4.78 is 0. The molecule has 0 unspecified atom stereocenters. The summed E-state index contributed by atoms with van der Waals surface area (Å²) in [6.45, 7) is 0.949. The molecule has 2 aliphatic heterocycles. The van der Waals surface area contributed by atoms with Crippen LogP contribution < -0.4 is 5.32 Å². The van der Waals surface area contributed by atoms with Crippen LogP contribution in [0.15, 0.2) is 12.1 Å². The summed E-state index contributed by atoms with van der Waals surface area (Å²) >= 11 is 12.1. The lowest BCUT2D eigenvalue weighted by molar-refractivity contribution is -0.132. The monoisotopic (exact) mass is 354 g/mol. The standard InChI is InChI=1S/C16H16Cl2N2O3/c17-11-4-10-13(5-12(11)18)19-15(23)16(10)1-2-20(7-16)14(22)9-3-8(9)6-21/h4-5,8-9,21H,1-3,6-7H2,(H,19,23)/t8-,9-,16-/m1/s1. The molecule has 0 bridgehead atoms. The van der Waals surface area contributed by atoms with E-state index in [1.807, 2.05) is 0 Å². The number of carbonyl (C=O) groups is 2. The first-order chi connectivity index (χ1) is 11.0. The predicted molar refractivity (Wildman–Crippen MR) is 86.6 cm³/mol. The highest BCUT2D eigenvalue weighted by Crippen LogP contribution is 2.48. The molecular formula is C16H16Cl2N2O3. The van der Waals surface area contributed by atoms with Crippen LogP contribution in [-0.4, -0.2) is 41.5 Å². The van der Waals surface area contributed by atoms with Crippen molar-refractivity contribution in [3.63, 3.8) is 0 Å². The van der Waals surface area contributed by atoms with Gasteiger partial charge in [0.1, 0.15) is 0 Å². The first-order valence-corrected chi connectivity index (χ1v) is 8.42. The average molecular weight is 355 g/mol. The molecule has 0 aromatic heterocycles. The van der Waals surface area contributed by atoms with Crippen molar-refractivity contribution in [2.45, 2.75) is 18.3 Å². The third-order valence-corrected chi connectivity index (χ3v) is 6.04. The lowest BCUT2D eigenvalue weighted by Crippen LogP contribution is -2.40. The van der Waals surface area contributed by atoms with Crippen LogP contribution in [0.5, 0.6) is 0 Å². The van der Waals surface area contributed by atoms with Gasteiger partial charge in [-0.15, -0.1) is 0 Å². The number of halogens is 2. The minimum absolute atomic E-state index is 0.0437. The fourth-order valence-electron chi connectivity index (χ4n) is 3.80. The van der Waals surface area contributed by atoms with Gasteiger partial charge in [-0.05, 0) is 36.5 Å². The largest absolute Gasteiger partial charge is 0.396 e. The highest BCUT2D eigenvalue weighted by Gasteiger charge is 2.54. The van der Waals surface area contributed by atoms with Crippen molar-refractivity contribution in [3.8, 4) is 0 Å². The molecule has 2 amide bonds. The summed E-state index contributed by atoms with van der Waals surface area (Å²) in [6, 6.07) is 3.40. The summed E-state index contributed by atoms with van der Waals surface area (Å²) in [5.74, 6) is -0.0669. The van der Waals surface area contributed by atoms with E-state index in [9.17, 15) is 9.59 Å². The van der Waals surface area contributed by atoms with Crippen molar-refractivity contribution in [1.82, 2.24) is 4.90 Å². The summed E-state index contributed by atoms with van der Waals surface area (Å²) in [6.07, 6.45) is 1.31. The molecule has 5 nitrogen and oxygen atoms in total. The first-order valence-electron chi connectivity index (χ1n) is 7.67. The lowest BCUT2D eigenvalue weighted by atomic mass is 9.81. The van der Waals surface area contributed by atoms with Crippen LogP contribution in [0.1, 0.15) is 18.4 Å². The van der Waals surface area contributed by atoms with Crippen molar-refractivity contribution in [2.24, 2.45) is 11.8 Å². The van der Waals surface area contributed by atoms with Crippen LogP contribution in [0.2, 0.25) is 10.0 Å². The van der Waals surface area contributed by atoms with E-state index in [4.69, 9.17) is 28.3 Å². The number of carbonyl (C=O) groups excluding carboxylic acids is 2. The summed E-state index contributed by atoms with van der Waals surface area (Å²) in [5, 5.41) is 12.8. The number of fused-ring (bicyclic) bond motifs is 2. The zero-order valence-corrected chi connectivity index (χ0v) is 13.8. The molecule has 2 heterocycles. The van der Waals surface area contributed by atoms with Crippen molar-refractivity contribution in [1.29, 1.82) is 0 Å². The Morgan fingerprint density at radius 3 is 2.83 bits per heavy atom. The van der Waals surface area contributed by atoms with E-state index in [1.54, 1.807) is 17.0 Å². The highest BCUT2D eigenvalue weighted by atomic mass is 35.5. The van der Waals surface area contributed by atoms with Gasteiger partial charge in [-0.3, -0.25) is 9.59 Å². The topological polar surface area (TPSA) is 69.6 Å². The fourth-order valence-corrected chi connectivity index (χ4v) is 4.13. The molecule has 1 aromatic carbocycles. The van der Waals surface area contributed by atoms with E-state index >= 15 is 0 Å². The molecule has 2 N–H and O–H groups in total. The molecule has 1 spiro atoms. The number of hydrogen-bond acceptors (Lipinski definition) is 3. The van der Waals surface area contributed by atoms with E-state index in [1.165, 1.54) is 0 Å². The number of aliphatic hydroxyl groups is 1. The zero-order valence-electron chi connectivity index (χ0n) is 12.3. The van der Waals surface area contributed by atoms with E-state index in [0.29, 0.717) is 35.2 Å². The fraction of sp³-hybridized carbons (Fsp3) is 0.500. The maximum absolute atomic E-state index is 12.6. The van der Waals surface area contributed by atoms with Gasteiger partial charge in [-0.2, -0.15) is 0 Å². The van der Waals surface area contributed by atoms with Crippen molar-refractivity contribution in [3.05, 3.63) is 27.7 Å². The molecule has 1 aromatic rings. The van der Waals surface area contributed by atoms with Crippen LogP contribution in [0, 0.1) is 11.8 Å². The number of hydrogen-bond donors (Lipinski definition) is 2. The van der Waals surface area contributed by atoms with Gasteiger partial charge in [0.25, 0.3) is 0 Å². The van der Waals surface area contributed by atoms with Crippen molar-refractivity contribution >= 4 is 40.7 Å². The van der Waals surface area contributed by atoms with Crippen LogP contribution >= 0.6 is 23.2 Å². The molecule has 1 saturated heterocycles. The predicted octanol–water partition coefficient (Wildman–Crippen LogP) is 2.04. The zero-order chi connectivity index (χ0) is 16.4. The lowest BCUT2D eigenvalue weighted by Gasteiger charge is -2.23. The number of likely N-dealkylation sites (tertiary alicyclic amines) is 1. The molecule has 1 aliphatic carbocycles. The Labute approximate surface area is 143 Å². The number of amides is 2. The Morgan fingerprint density at radius 2 is 2.13 bits per heavy atom. The average Bonchev–Trinajstić information content (AvgIpc) is 3.11. The highest BCUT2D eigenvalue weighted by molar-refractivity contribution is 6.42. The maximum Gasteiger partial charge on any atom is 0.237 e. The molecule has 1 saturated carbocycles. The van der Waals surface area contributed by atoms with Gasteiger partial charge < -0.3 is 15.3 Å². The molecule has 122 valence electrons. The van der Waals surface area contributed by atoms with Crippen LogP contribution in [0.3, 0.4) is 0 Å². The van der Waals surface area contributed by atoms with Gasteiger partial charge in [0.15, 0.2) is 0 Å². The number of anilines is 1. The second-order valence-electron chi connectivity index (χ2n) is 6.64. The molecular weight excluding hydrogens is 339 g/mol. The molecule has 7 heteroatoms. The van der Waals surface area contributed by atoms with Gasteiger partial charge in [0.2, 0.25) is 11.8 Å². The minimum Gasteiger partial charge on any atom is -0.396 e. The Hall–Kier alpha value is -1.30. The number of benzene rings is 1. The Kier molecular flexibility index (Phi) is 3.38. The van der Waals surface area contributed by atoms with E-state index in [2.05, 4.69) is 5.32 Å². The molecule has 23 heavy (non-hydrogen) atoms. The Bertz CT molecular complexity index is 724. The van der Waals surface area contributed by atoms with Crippen molar-refractivity contribution in [2.75, 3.05) is 25.0 Å². The molecule has 3 aliphatic rings. The quantitative estimate of drug-likeness (QED) is 0.853. The van der Waals surface area contributed by atoms with Gasteiger partial charge >= 0.3 is 0 Å². The summed E-state index contributed by atoms with van der Waals surface area (Å²) in [5.41, 5.74) is 0.767. The first kappa shape index (κ1) is 15.2. The SMILES string of the molecule is O=C([C@@H]1C[C@@H]1CO)N1CC[C@]2(C1)C(=O)Nc1cc(Cl)c(Cl)cc12. The number of nitrogens with zero attached hydrogens (tertiary/aromatic N) is 1. The minimum atomic E-state index is -0.733. The van der Waals surface area contributed by atoms with Crippen LogP contribution in [0.4, 0.5) is 5.69 Å². The molecule has 2 fully saturated rings. The normalized spacial score (nSPS) is 31.4. The van der Waals surface area contributed by atoms with E-state index < -0.39 is 5.41 Å². The number of rotatable bonds is 2. The summed E-state index contributed by atoms with van der Waals surface area (Å²) in [4.78, 5) is 26.8. The number of aliphatic hydroxyl groups excluding tert-OH is 1. The van der Waals surface area contributed by atoms with Gasteiger partial charge in [0, 0.05) is 31.3 Å².